The van der Waals surface area contributed by atoms with E-state index in [-0.39, 0.29) is 0 Å². The number of hydrogen-bond acceptors (Lipinski definition) is 2. The Morgan fingerprint density at radius 3 is 2.65 bits per heavy atom. The number of aryl methyl sites for hydroxylation is 1. The van der Waals surface area contributed by atoms with E-state index in [0.717, 1.165) is 18.8 Å². The first-order valence-electron chi connectivity index (χ1n) is 6.63. The fourth-order valence-corrected chi connectivity index (χ4v) is 2.09. The van der Waals surface area contributed by atoms with Crippen LogP contribution < -0.4 is 10.1 Å². The second-order valence-corrected chi connectivity index (χ2v) is 4.46. The molecule has 2 nitrogen and oxygen atoms in total. The molecule has 1 N–H and O–H groups in total. The molecule has 0 aliphatic rings. The molecule has 0 bridgehead atoms. The number of ether oxygens (including phenoxy) is 1. The number of unbranched alkanes of at least 4 members (excludes halogenated alkanes) is 1. The molecular formula is C15H25NO. The summed E-state index contributed by atoms with van der Waals surface area (Å²) in [6.07, 6.45) is 3.63. The lowest BCUT2D eigenvalue weighted by atomic mass is 9.98. The molecule has 0 amide bonds. The third-order valence-electron chi connectivity index (χ3n) is 3.04. The van der Waals surface area contributed by atoms with Gasteiger partial charge in [-0.15, -0.1) is 0 Å². The van der Waals surface area contributed by atoms with Crippen LogP contribution in [-0.4, -0.2) is 13.7 Å². The Morgan fingerprint density at radius 2 is 2.06 bits per heavy atom. The molecule has 0 aliphatic heterocycles. The quantitative estimate of drug-likeness (QED) is 0.775. The van der Waals surface area contributed by atoms with Crippen molar-refractivity contribution in [1.29, 1.82) is 0 Å². The molecule has 96 valence electrons. The van der Waals surface area contributed by atoms with Gasteiger partial charge in [-0.05, 0) is 33.4 Å². The van der Waals surface area contributed by atoms with Gasteiger partial charge < -0.3 is 10.1 Å². The molecule has 0 saturated carbocycles. The van der Waals surface area contributed by atoms with Crippen molar-refractivity contribution in [3.05, 3.63) is 29.3 Å². The van der Waals surface area contributed by atoms with Crippen molar-refractivity contribution in [2.45, 2.75) is 46.1 Å². The second kappa shape index (κ2) is 7.33. The van der Waals surface area contributed by atoms with Gasteiger partial charge in [0.25, 0.3) is 0 Å². The van der Waals surface area contributed by atoms with Gasteiger partial charge in [0.05, 0.1) is 6.61 Å². The molecule has 0 saturated heterocycles. The smallest absolute Gasteiger partial charge is 0.124 e. The summed E-state index contributed by atoms with van der Waals surface area (Å²) < 4.78 is 5.71. The molecule has 17 heavy (non-hydrogen) atoms. The third kappa shape index (κ3) is 4.04. The molecule has 2 heteroatoms. The van der Waals surface area contributed by atoms with Gasteiger partial charge in [-0.25, -0.2) is 0 Å². The topological polar surface area (TPSA) is 21.3 Å². The maximum absolute atomic E-state index is 5.71. The maximum Gasteiger partial charge on any atom is 0.124 e. The van der Waals surface area contributed by atoms with Gasteiger partial charge in [-0.1, -0.05) is 37.5 Å². The highest BCUT2D eigenvalue weighted by Gasteiger charge is 2.14. The predicted octanol–water partition coefficient (Wildman–Crippen LogP) is 3.84. The molecular weight excluding hydrogens is 210 g/mol. The van der Waals surface area contributed by atoms with Crippen LogP contribution in [-0.2, 0) is 0 Å². The Morgan fingerprint density at radius 1 is 1.29 bits per heavy atom. The summed E-state index contributed by atoms with van der Waals surface area (Å²) in [7, 11) is 2.03. The van der Waals surface area contributed by atoms with E-state index < -0.39 is 0 Å². The number of benzene rings is 1. The molecule has 0 fully saturated rings. The summed E-state index contributed by atoms with van der Waals surface area (Å²) in [5.74, 6) is 1.02. The minimum Gasteiger partial charge on any atom is -0.494 e. The highest BCUT2D eigenvalue weighted by Crippen LogP contribution is 2.29. The Hall–Kier alpha value is -1.02. The first kappa shape index (κ1) is 14.0. The molecule has 1 rings (SSSR count). The molecule has 1 aromatic rings. The lowest BCUT2D eigenvalue weighted by molar-refractivity contribution is 0.330. The zero-order valence-corrected chi connectivity index (χ0v) is 11.5. The minimum absolute atomic E-state index is 0.399. The zero-order chi connectivity index (χ0) is 12.7. The van der Waals surface area contributed by atoms with Crippen LogP contribution in [0.1, 0.15) is 50.3 Å². The van der Waals surface area contributed by atoms with Crippen LogP contribution in [0.4, 0.5) is 0 Å². The molecule has 1 aromatic carbocycles. The average Bonchev–Trinajstić information content (AvgIpc) is 2.33. The minimum atomic E-state index is 0.399. The van der Waals surface area contributed by atoms with E-state index >= 15 is 0 Å². The Balaban J connectivity index is 2.93. The summed E-state index contributed by atoms with van der Waals surface area (Å²) in [6, 6.07) is 6.84. The SMILES string of the molecule is CCCCC(NC)c1cc(C)ccc1OCC. The summed E-state index contributed by atoms with van der Waals surface area (Å²) in [5, 5.41) is 3.40. The normalized spacial score (nSPS) is 12.5. The summed E-state index contributed by atoms with van der Waals surface area (Å²) >= 11 is 0. The van der Waals surface area contributed by atoms with E-state index in [2.05, 4.69) is 37.4 Å². The van der Waals surface area contributed by atoms with Gasteiger partial charge >= 0.3 is 0 Å². The summed E-state index contributed by atoms with van der Waals surface area (Å²) in [5.41, 5.74) is 2.59. The standard InChI is InChI=1S/C15H25NO/c1-5-7-8-14(16-4)13-11-12(3)9-10-15(13)17-6-2/h9-11,14,16H,5-8H2,1-4H3. The van der Waals surface area contributed by atoms with Crippen LogP contribution >= 0.6 is 0 Å². The molecule has 0 aliphatic carbocycles. The summed E-state index contributed by atoms with van der Waals surface area (Å²) in [6.45, 7) is 7.11. The van der Waals surface area contributed by atoms with Crippen molar-refractivity contribution >= 4 is 0 Å². The first-order valence-corrected chi connectivity index (χ1v) is 6.63. The van der Waals surface area contributed by atoms with Crippen molar-refractivity contribution in [2.75, 3.05) is 13.7 Å². The fraction of sp³-hybridized carbons (Fsp3) is 0.600. The maximum atomic E-state index is 5.71. The predicted molar refractivity (Wildman–Crippen MR) is 73.7 cm³/mol. The van der Waals surface area contributed by atoms with Gasteiger partial charge in [0, 0.05) is 11.6 Å². The highest BCUT2D eigenvalue weighted by atomic mass is 16.5. The van der Waals surface area contributed by atoms with E-state index in [0.29, 0.717) is 6.04 Å². The van der Waals surface area contributed by atoms with Crippen molar-refractivity contribution < 1.29 is 4.74 Å². The first-order chi connectivity index (χ1) is 8.22. The van der Waals surface area contributed by atoms with E-state index in [1.165, 1.54) is 24.0 Å². The largest absolute Gasteiger partial charge is 0.494 e. The number of nitrogens with one attached hydrogen (secondary N) is 1. The molecule has 0 aromatic heterocycles. The molecule has 0 radical (unpaired) electrons. The van der Waals surface area contributed by atoms with Crippen LogP contribution in [0.2, 0.25) is 0 Å². The Labute approximate surface area is 105 Å². The zero-order valence-electron chi connectivity index (χ0n) is 11.5. The van der Waals surface area contributed by atoms with Gasteiger partial charge in [0.1, 0.15) is 5.75 Å². The van der Waals surface area contributed by atoms with E-state index in [1.807, 2.05) is 14.0 Å². The van der Waals surface area contributed by atoms with Gasteiger partial charge in [0.15, 0.2) is 0 Å². The number of rotatable bonds is 7. The molecule has 1 atom stereocenters. The second-order valence-electron chi connectivity index (χ2n) is 4.46. The monoisotopic (exact) mass is 235 g/mol. The van der Waals surface area contributed by atoms with Crippen molar-refractivity contribution in [3.63, 3.8) is 0 Å². The van der Waals surface area contributed by atoms with Crippen LogP contribution in [0.15, 0.2) is 18.2 Å². The van der Waals surface area contributed by atoms with Crippen molar-refractivity contribution in [3.8, 4) is 5.75 Å². The fourth-order valence-electron chi connectivity index (χ4n) is 2.09. The van der Waals surface area contributed by atoms with Crippen molar-refractivity contribution in [2.24, 2.45) is 0 Å². The lowest BCUT2D eigenvalue weighted by Gasteiger charge is -2.20. The third-order valence-corrected chi connectivity index (χ3v) is 3.04. The van der Waals surface area contributed by atoms with E-state index in [1.54, 1.807) is 0 Å². The summed E-state index contributed by atoms with van der Waals surface area (Å²) in [4.78, 5) is 0. The van der Waals surface area contributed by atoms with Crippen molar-refractivity contribution in [1.82, 2.24) is 5.32 Å². The molecule has 1 unspecified atom stereocenters. The van der Waals surface area contributed by atoms with E-state index in [4.69, 9.17) is 4.74 Å². The van der Waals surface area contributed by atoms with Gasteiger partial charge in [-0.3, -0.25) is 0 Å². The lowest BCUT2D eigenvalue weighted by Crippen LogP contribution is -2.17. The Bertz CT molecular complexity index is 336. The van der Waals surface area contributed by atoms with Gasteiger partial charge in [0.2, 0.25) is 0 Å². The highest BCUT2D eigenvalue weighted by molar-refractivity contribution is 5.39. The van der Waals surface area contributed by atoms with Gasteiger partial charge in [-0.2, -0.15) is 0 Å². The molecule has 0 spiro atoms. The van der Waals surface area contributed by atoms with Crippen LogP contribution in [0.25, 0.3) is 0 Å². The average molecular weight is 235 g/mol. The number of hydrogen-bond donors (Lipinski definition) is 1. The van der Waals surface area contributed by atoms with Crippen LogP contribution in [0.3, 0.4) is 0 Å². The Kier molecular flexibility index (Phi) is 6.06. The van der Waals surface area contributed by atoms with Crippen LogP contribution in [0.5, 0.6) is 5.75 Å². The molecule has 0 heterocycles. The van der Waals surface area contributed by atoms with Crippen LogP contribution in [0, 0.1) is 6.92 Å². The van der Waals surface area contributed by atoms with E-state index in [9.17, 15) is 0 Å².